The number of hydrogen-bond acceptors (Lipinski definition) is 7. The van der Waals surface area contributed by atoms with Gasteiger partial charge >= 0.3 is 0 Å². The largest absolute Gasteiger partial charge is 0.494 e. The first-order valence-electron chi connectivity index (χ1n) is 10.2. The van der Waals surface area contributed by atoms with Gasteiger partial charge in [-0.2, -0.15) is 0 Å². The SMILES string of the molecule is CCOc1ccc(CCNC(=O)c2cccc(NC3=N[C@H]4CS(=O)(=O)C[C@H]4S3)c2)cc1. The molecular formula is C22H25N3O4S2. The third-order valence-corrected chi connectivity index (χ3v) is 8.27. The number of benzene rings is 2. The van der Waals surface area contributed by atoms with E-state index in [1.165, 1.54) is 11.8 Å². The Morgan fingerprint density at radius 3 is 2.74 bits per heavy atom. The first kappa shape index (κ1) is 21.7. The number of nitrogens with one attached hydrogen (secondary N) is 2. The highest BCUT2D eigenvalue weighted by Gasteiger charge is 2.42. The maximum absolute atomic E-state index is 12.5. The number of thioether (sulfide) groups is 1. The maximum Gasteiger partial charge on any atom is 0.251 e. The molecule has 1 saturated heterocycles. The fourth-order valence-electron chi connectivity index (χ4n) is 3.62. The minimum Gasteiger partial charge on any atom is -0.494 e. The van der Waals surface area contributed by atoms with Gasteiger partial charge in [-0.15, -0.1) is 0 Å². The molecule has 0 radical (unpaired) electrons. The van der Waals surface area contributed by atoms with Crippen LogP contribution < -0.4 is 15.4 Å². The molecule has 0 spiro atoms. The predicted molar refractivity (Wildman–Crippen MR) is 125 cm³/mol. The minimum atomic E-state index is -2.97. The molecule has 1 fully saturated rings. The molecule has 2 aliphatic heterocycles. The molecule has 0 unspecified atom stereocenters. The molecule has 9 heteroatoms. The molecule has 0 bridgehead atoms. The highest BCUT2D eigenvalue weighted by Crippen LogP contribution is 2.34. The van der Waals surface area contributed by atoms with Crippen LogP contribution in [0.4, 0.5) is 5.69 Å². The van der Waals surface area contributed by atoms with Crippen molar-refractivity contribution in [2.75, 3.05) is 30.0 Å². The summed E-state index contributed by atoms with van der Waals surface area (Å²) < 4.78 is 28.8. The number of amidine groups is 1. The minimum absolute atomic E-state index is 0.0124. The number of aliphatic imine (C=N–C) groups is 1. The summed E-state index contributed by atoms with van der Waals surface area (Å²) >= 11 is 1.46. The van der Waals surface area contributed by atoms with E-state index in [4.69, 9.17) is 4.74 Å². The van der Waals surface area contributed by atoms with Gasteiger partial charge in [0.05, 0.1) is 24.2 Å². The number of sulfone groups is 1. The first-order valence-corrected chi connectivity index (χ1v) is 12.9. The summed E-state index contributed by atoms with van der Waals surface area (Å²) in [6.45, 7) is 3.12. The summed E-state index contributed by atoms with van der Waals surface area (Å²) in [4.78, 5) is 17.0. The number of rotatable bonds is 7. The van der Waals surface area contributed by atoms with Crippen LogP contribution in [-0.2, 0) is 16.3 Å². The number of hydrogen-bond donors (Lipinski definition) is 2. The van der Waals surface area contributed by atoms with Gasteiger partial charge < -0.3 is 15.4 Å². The van der Waals surface area contributed by atoms with Gasteiger partial charge in [0.2, 0.25) is 0 Å². The fraction of sp³-hybridized carbons (Fsp3) is 0.364. The van der Waals surface area contributed by atoms with E-state index in [9.17, 15) is 13.2 Å². The van der Waals surface area contributed by atoms with Gasteiger partial charge in [0.1, 0.15) is 5.75 Å². The molecule has 7 nitrogen and oxygen atoms in total. The van der Waals surface area contributed by atoms with Crippen LogP contribution in [0.3, 0.4) is 0 Å². The molecule has 2 heterocycles. The van der Waals surface area contributed by atoms with E-state index in [2.05, 4.69) is 15.6 Å². The number of ether oxygens (including phenoxy) is 1. The molecule has 2 aromatic carbocycles. The van der Waals surface area contributed by atoms with Crippen molar-refractivity contribution in [1.82, 2.24) is 5.32 Å². The third-order valence-electron chi connectivity index (χ3n) is 5.13. The van der Waals surface area contributed by atoms with E-state index < -0.39 is 9.84 Å². The lowest BCUT2D eigenvalue weighted by atomic mass is 10.1. The first-order chi connectivity index (χ1) is 14.9. The summed E-state index contributed by atoms with van der Waals surface area (Å²) in [5, 5.41) is 6.86. The van der Waals surface area contributed by atoms with Crippen molar-refractivity contribution in [2.24, 2.45) is 4.99 Å². The number of fused-ring (bicyclic) bond motifs is 1. The number of nitrogens with zero attached hydrogens (tertiary/aromatic N) is 1. The van der Waals surface area contributed by atoms with E-state index in [1.54, 1.807) is 12.1 Å². The van der Waals surface area contributed by atoms with Gasteiger partial charge in [0.15, 0.2) is 15.0 Å². The van der Waals surface area contributed by atoms with Crippen LogP contribution in [-0.4, -0.2) is 55.4 Å². The van der Waals surface area contributed by atoms with Gasteiger partial charge in [0, 0.05) is 23.0 Å². The molecule has 1 amide bonds. The second-order valence-electron chi connectivity index (χ2n) is 7.52. The van der Waals surface area contributed by atoms with E-state index in [-0.39, 0.29) is 28.7 Å². The van der Waals surface area contributed by atoms with E-state index in [1.807, 2.05) is 43.3 Å². The Balaban J connectivity index is 1.29. The van der Waals surface area contributed by atoms with E-state index >= 15 is 0 Å². The molecule has 31 heavy (non-hydrogen) atoms. The van der Waals surface area contributed by atoms with Crippen molar-refractivity contribution in [3.05, 3.63) is 59.7 Å². The molecule has 0 saturated carbocycles. The normalized spacial score (nSPS) is 21.3. The van der Waals surface area contributed by atoms with Crippen molar-refractivity contribution in [3.63, 3.8) is 0 Å². The second-order valence-corrected chi connectivity index (χ2v) is 10.9. The molecule has 2 atom stereocenters. The van der Waals surface area contributed by atoms with Crippen LogP contribution >= 0.6 is 11.8 Å². The van der Waals surface area contributed by atoms with E-state index in [0.29, 0.717) is 23.9 Å². The van der Waals surface area contributed by atoms with Crippen LogP contribution in [0.15, 0.2) is 53.5 Å². The third kappa shape index (κ3) is 5.59. The Hall–Kier alpha value is -2.52. The van der Waals surface area contributed by atoms with Crippen molar-refractivity contribution in [2.45, 2.75) is 24.6 Å². The fourth-order valence-corrected chi connectivity index (χ4v) is 7.30. The quantitative estimate of drug-likeness (QED) is 0.661. The van der Waals surface area contributed by atoms with Gasteiger partial charge in [-0.25, -0.2) is 8.42 Å². The lowest BCUT2D eigenvalue weighted by molar-refractivity contribution is 0.0954. The van der Waals surface area contributed by atoms with Gasteiger partial charge in [-0.3, -0.25) is 9.79 Å². The topological polar surface area (TPSA) is 96.9 Å². The monoisotopic (exact) mass is 459 g/mol. The highest BCUT2D eigenvalue weighted by atomic mass is 32.2. The molecule has 2 aliphatic rings. The summed E-state index contributed by atoms with van der Waals surface area (Å²) in [5.74, 6) is 0.994. The van der Waals surface area contributed by atoms with Crippen LogP contribution in [0, 0.1) is 0 Å². The Kier molecular flexibility index (Phi) is 6.52. The smallest absolute Gasteiger partial charge is 0.251 e. The Morgan fingerprint density at radius 2 is 2.00 bits per heavy atom. The maximum atomic E-state index is 12.5. The van der Waals surface area contributed by atoms with Crippen LogP contribution in [0.1, 0.15) is 22.8 Å². The molecule has 164 valence electrons. The number of carbonyl (C=O) groups is 1. The summed E-state index contributed by atoms with van der Waals surface area (Å²) in [6, 6.07) is 14.9. The molecule has 0 aliphatic carbocycles. The second kappa shape index (κ2) is 9.32. The zero-order valence-electron chi connectivity index (χ0n) is 17.2. The standard InChI is InChI=1S/C22H25N3O4S2/c1-2-29-18-8-6-15(7-9-18)10-11-23-21(26)16-4-3-5-17(12-16)24-22-25-19-13-31(27,28)14-20(19)30-22/h3-9,12,19-20H,2,10-11,13-14H2,1H3,(H,23,26)(H,24,25)/t19-,20+/m0/s1. The zero-order valence-corrected chi connectivity index (χ0v) is 18.8. The lowest BCUT2D eigenvalue weighted by Crippen LogP contribution is -2.25. The zero-order chi connectivity index (χ0) is 21.8. The molecule has 2 aromatic rings. The van der Waals surface area contributed by atoms with Gasteiger partial charge in [-0.05, 0) is 49.2 Å². The lowest BCUT2D eigenvalue weighted by Gasteiger charge is -2.10. The van der Waals surface area contributed by atoms with Crippen molar-refractivity contribution >= 4 is 38.4 Å². The summed E-state index contributed by atoms with van der Waals surface area (Å²) in [5.41, 5.74) is 2.44. The average Bonchev–Trinajstić information content (AvgIpc) is 3.22. The average molecular weight is 460 g/mol. The van der Waals surface area contributed by atoms with Crippen LogP contribution in [0.25, 0.3) is 0 Å². The number of carbonyl (C=O) groups excluding carboxylic acids is 1. The summed E-state index contributed by atoms with van der Waals surface area (Å²) in [6.07, 6.45) is 0.731. The van der Waals surface area contributed by atoms with Crippen molar-refractivity contribution in [3.8, 4) is 5.75 Å². The van der Waals surface area contributed by atoms with Crippen LogP contribution in [0.2, 0.25) is 0 Å². The Bertz CT molecular complexity index is 1080. The number of anilines is 1. The predicted octanol–water partition coefficient (Wildman–Crippen LogP) is 2.74. The Labute approximate surface area is 186 Å². The van der Waals surface area contributed by atoms with Gasteiger partial charge in [0.25, 0.3) is 5.91 Å². The molecular weight excluding hydrogens is 434 g/mol. The highest BCUT2D eigenvalue weighted by molar-refractivity contribution is 8.15. The molecule has 2 N–H and O–H groups in total. The van der Waals surface area contributed by atoms with Crippen molar-refractivity contribution < 1.29 is 17.9 Å². The van der Waals surface area contributed by atoms with Crippen molar-refractivity contribution in [1.29, 1.82) is 0 Å². The van der Waals surface area contributed by atoms with Gasteiger partial charge in [-0.1, -0.05) is 30.0 Å². The number of amides is 1. The Morgan fingerprint density at radius 1 is 1.19 bits per heavy atom. The van der Waals surface area contributed by atoms with E-state index in [0.717, 1.165) is 23.4 Å². The summed E-state index contributed by atoms with van der Waals surface area (Å²) in [7, 11) is -2.97. The van der Waals surface area contributed by atoms with Crippen LogP contribution in [0.5, 0.6) is 5.75 Å². The molecule has 0 aromatic heterocycles. The molecule has 4 rings (SSSR count).